The predicted octanol–water partition coefficient (Wildman–Crippen LogP) is 2.09. The quantitative estimate of drug-likeness (QED) is 0.394. The lowest BCUT2D eigenvalue weighted by Gasteiger charge is -2.21. The van der Waals surface area contributed by atoms with Gasteiger partial charge in [-0.1, -0.05) is 18.3 Å². The first-order valence-electron chi connectivity index (χ1n) is 4.31. The fraction of sp³-hybridized carbons (Fsp3) is 0.667. The molecule has 0 unspecified atom stereocenters. The number of ether oxygens (including phenoxy) is 1. The average Bonchev–Trinajstić information content (AvgIpc) is 2.32. The zero-order valence-corrected chi connectivity index (χ0v) is 9.06. The molecule has 1 rings (SSSR count). The molecule has 0 bridgehead atoms. The fourth-order valence-electron chi connectivity index (χ4n) is 0.956. The summed E-state index contributed by atoms with van der Waals surface area (Å²) in [6.07, 6.45) is 3.85. The van der Waals surface area contributed by atoms with Crippen LogP contribution < -0.4 is 0 Å². The van der Waals surface area contributed by atoms with Crippen molar-refractivity contribution < 1.29 is 9.57 Å². The Labute approximate surface area is 84.3 Å². The van der Waals surface area contributed by atoms with Crippen molar-refractivity contribution in [2.24, 2.45) is 5.41 Å². The molecule has 0 radical (unpaired) electrons. The van der Waals surface area contributed by atoms with E-state index in [4.69, 9.17) is 21.8 Å². The maximum Gasteiger partial charge on any atom is 0.173 e. The molecule has 1 aliphatic heterocycles. The van der Waals surface area contributed by atoms with Crippen LogP contribution in [0.5, 0.6) is 0 Å². The molecule has 0 N–H and O–H groups in total. The first kappa shape index (κ1) is 10.6. The second-order valence-corrected chi connectivity index (χ2v) is 3.79. The number of hydroxylamine groups is 2. The van der Waals surface area contributed by atoms with Crippen molar-refractivity contribution in [1.82, 2.24) is 5.06 Å². The molecule has 0 aromatic rings. The smallest absolute Gasteiger partial charge is 0.173 e. The van der Waals surface area contributed by atoms with Crippen molar-refractivity contribution in [3.63, 3.8) is 0 Å². The normalized spacial score (nSPS) is 19.9. The van der Waals surface area contributed by atoms with Gasteiger partial charge in [0, 0.05) is 18.2 Å². The van der Waals surface area contributed by atoms with Gasteiger partial charge in [-0.2, -0.15) is 0 Å². The highest BCUT2D eigenvalue weighted by Crippen LogP contribution is 2.28. The van der Waals surface area contributed by atoms with Crippen LogP contribution in [-0.4, -0.2) is 23.5 Å². The Bertz CT molecular complexity index is 226. The third kappa shape index (κ3) is 2.49. The van der Waals surface area contributed by atoms with Gasteiger partial charge in [0.1, 0.15) is 4.99 Å². The highest BCUT2D eigenvalue weighted by molar-refractivity contribution is 7.80. The maximum atomic E-state index is 5.27. The number of rotatable bonds is 4. The third-order valence-electron chi connectivity index (χ3n) is 1.86. The first-order valence-corrected chi connectivity index (χ1v) is 4.72. The Balaban J connectivity index is 2.39. The summed E-state index contributed by atoms with van der Waals surface area (Å²) in [7, 11) is 0. The van der Waals surface area contributed by atoms with E-state index in [-0.39, 0.29) is 12.2 Å². The summed E-state index contributed by atoms with van der Waals surface area (Å²) < 4.78 is 5.05. The summed E-state index contributed by atoms with van der Waals surface area (Å²) in [4.78, 5) is 6.04. The highest BCUT2D eigenvalue weighted by atomic mass is 32.1. The van der Waals surface area contributed by atoms with Gasteiger partial charge in [-0.3, -0.25) is 0 Å². The largest absolute Gasteiger partial charge is 0.353 e. The molecule has 1 heterocycles. The van der Waals surface area contributed by atoms with Gasteiger partial charge in [0.05, 0.1) is 0 Å². The van der Waals surface area contributed by atoms with Crippen LogP contribution in [0, 0.1) is 5.41 Å². The van der Waals surface area contributed by atoms with Gasteiger partial charge >= 0.3 is 0 Å². The van der Waals surface area contributed by atoms with E-state index in [0.29, 0.717) is 6.61 Å². The first-order chi connectivity index (χ1) is 6.08. The van der Waals surface area contributed by atoms with E-state index in [1.165, 1.54) is 0 Å². The monoisotopic (exact) mass is 201 g/mol. The lowest BCUT2D eigenvalue weighted by Crippen LogP contribution is -2.29. The van der Waals surface area contributed by atoms with E-state index >= 15 is 0 Å². The molecule has 0 saturated carbocycles. The van der Waals surface area contributed by atoms with Gasteiger partial charge in [0.15, 0.2) is 6.79 Å². The predicted molar refractivity (Wildman–Crippen MR) is 54.9 cm³/mol. The van der Waals surface area contributed by atoms with Crippen LogP contribution in [-0.2, 0) is 9.57 Å². The lowest BCUT2D eigenvalue weighted by atomic mass is 9.96. The molecule has 4 heteroatoms. The number of hydrogen-bond acceptors (Lipinski definition) is 3. The van der Waals surface area contributed by atoms with Crippen molar-refractivity contribution in [1.29, 1.82) is 0 Å². The molecule has 74 valence electrons. The summed E-state index contributed by atoms with van der Waals surface area (Å²) in [6, 6.07) is 0. The van der Waals surface area contributed by atoms with Crippen molar-refractivity contribution in [2.45, 2.75) is 20.8 Å². The molecule has 0 aromatic heterocycles. The summed E-state index contributed by atoms with van der Waals surface area (Å²) in [5.74, 6) is 0. The molecule has 0 aromatic carbocycles. The summed E-state index contributed by atoms with van der Waals surface area (Å²) in [6.45, 7) is 6.92. The third-order valence-corrected chi connectivity index (χ3v) is 2.56. The molecule has 13 heavy (non-hydrogen) atoms. The van der Waals surface area contributed by atoms with Gasteiger partial charge in [-0.05, 0) is 20.8 Å². The Hall–Kier alpha value is -0.450. The molecule has 0 saturated heterocycles. The number of thiocarbonyl (C=S) groups is 1. The fourth-order valence-corrected chi connectivity index (χ4v) is 1.14. The molecule has 0 aliphatic carbocycles. The molecule has 0 spiro atoms. The summed E-state index contributed by atoms with van der Waals surface area (Å²) in [5, 5.41) is 1.59. The second-order valence-electron chi connectivity index (χ2n) is 3.41. The Morgan fingerprint density at radius 3 is 2.69 bits per heavy atom. The second kappa shape index (κ2) is 4.17. The Morgan fingerprint density at radius 1 is 1.54 bits per heavy atom. The summed E-state index contributed by atoms with van der Waals surface area (Å²) >= 11 is 5.21. The molecule has 0 atom stereocenters. The van der Waals surface area contributed by atoms with E-state index in [9.17, 15) is 0 Å². The minimum absolute atomic E-state index is 0.0818. The van der Waals surface area contributed by atoms with Crippen LogP contribution >= 0.6 is 12.2 Å². The van der Waals surface area contributed by atoms with E-state index in [0.717, 1.165) is 4.99 Å². The van der Waals surface area contributed by atoms with E-state index in [2.05, 4.69) is 13.8 Å². The van der Waals surface area contributed by atoms with Crippen molar-refractivity contribution in [3.8, 4) is 0 Å². The molecular weight excluding hydrogens is 186 g/mol. The molecule has 0 amide bonds. The Morgan fingerprint density at radius 2 is 2.23 bits per heavy atom. The van der Waals surface area contributed by atoms with Gasteiger partial charge in [-0.25, -0.2) is 9.90 Å². The number of hydrogen-bond donors (Lipinski definition) is 0. The topological polar surface area (TPSA) is 21.7 Å². The zero-order valence-electron chi connectivity index (χ0n) is 8.24. The zero-order chi connectivity index (χ0) is 9.90. The van der Waals surface area contributed by atoms with Crippen LogP contribution in [0.25, 0.3) is 0 Å². The van der Waals surface area contributed by atoms with Crippen LogP contribution in [0.1, 0.15) is 20.8 Å². The number of nitrogens with zero attached hydrogens (tertiary/aromatic N) is 1. The van der Waals surface area contributed by atoms with Gasteiger partial charge in [0.25, 0.3) is 0 Å². The molecule has 0 fully saturated rings. The standard InChI is InChI=1S/C9H15NO2S/c1-4-11-7-12-10-6-5-9(2,3)8(10)13/h5-6H,4,7H2,1-3H3. The lowest BCUT2D eigenvalue weighted by molar-refractivity contribution is -0.157. The van der Waals surface area contributed by atoms with Gasteiger partial charge < -0.3 is 4.74 Å². The van der Waals surface area contributed by atoms with E-state index in [1.807, 2.05) is 19.2 Å². The SMILES string of the molecule is CCOCON1C=CC(C)(C)C1=S. The summed E-state index contributed by atoms with van der Waals surface area (Å²) in [5.41, 5.74) is -0.0818. The van der Waals surface area contributed by atoms with Gasteiger partial charge in [-0.15, -0.1) is 0 Å². The van der Waals surface area contributed by atoms with E-state index < -0.39 is 0 Å². The minimum Gasteiger partial charge on any atom is -0.353 e. The minimum atomic E-state index is -0.0818. The molecular formula is C9H15NO2S. The average molecular weight is 201 g/mol. The van der Waals surface area contributed by atoms with Crippen LogP contribution in [0.3, 0.4) is 0 Å². The van der Waals surface area contributed by atoms with Gasteiger partial charge in [0.2, 0.25) is 0 Å². The maximum absolute atomic E-state index is 5.27. The Kier molecular flexibility index (Phi) is 3.41. The highest BCUT2D eigenvalue weighted by Gasteiger charge is 2.30. The van der Waals surface area contributed by atoms with Crippen LogP contribution in [0.15, 0.2) is 12.3 Å². The van der Waals surface area contributed by atoms with Crippen LogP contribution in [0.4, 0.5) is 0 Å². The van der Waals surface area contributed by atoms with Crippen LogP contribution in [0.2, 0.25) is 0 Å². The molecule has 3 nitrogen and oxygen atoms in total. The van der Waals surface area contributed by atoms with Crippen molar-refractivity contribution in [3.05, 3.63) is 12.3 Å². The van der Waals surface area contributed by atoms with Crippen molar-refractivity contribution in [2.75, 3.05) is 13.4 Å². The molecule has 1 aliphatic rings. The van der Waals surface area contributed by atoms with Crippen molar-refractivity contribution >= 4 is 17.2 Å². The van der Waals surface area contributed by atoms with E-state index in [1.54, 1.807) is 5.06 Å².